The van der Waals surface area contributed by atoms with Crippen molar-refractivity contribution in [2.45, 2.75) is 13.5 Å². The Morgan fingerprint density at radius 1 is 1.29 bits per heavy atom. The van der Waals surface area contributed by atoms with Crippen LogP contribution in [0.5, 0.6) is 0 Å². The number of hydrazone groups is 1. The highest BCUT2D eigenvalue weighted by atomic mass is 19.1. The van der Waals surface area contributed by atoms with Gasteiger partial charge in [0, 0.05) is 30.2 Å². The maximum atomic E-state index is 13.8. The highest BCUT2D eigenvalue weighted by Crippen LogP contribution is 2.10. The first-order valence-corrected chi connectivity index (χ1v) is 7.47. The number of aromatic nitrogens is 3. The third kappa shape index (κ3) is 3.24. The standard InChI is InChI=1S/C17H16FN5O/c1-2-23-16(18)14(12-20-23)11-19-21-17(24)13-5-7-15(8-6-13)22-9-3-4-10-22/h3-12H,2H2,1H3,(H,21,24)/b19-11-. The Labute approximate surface area is 138 Å². The van der Waals surface area contributed by atoms with Crippen molar-refractivity contribution in [2.24, 2.45) is 5.10 Å². The molecule has 0 aliphatic heterocycles. The quantitative estimate of drug-likeness (QED) is 0.579. The number of amides is 1. The first-order chi connectivity index (χ1) is 11.7. The van der Waals surface area contributed by atoms with E-state index in [0.29, 0.717) is 12.1 Å². The van der Waals surface area contributed by atoms with Crippen molar-refractivity contribution in [3.63, 3.8) is 0 Å². The molecule has 6 nitrogen and oxygen atoms in total. The molecule has 24 heavy (non-hydrogen) atoms. The molecule has 0 fully saturated rings. The molecule has 122 valence electrons. The van der Waals surface area contributed by atoms with Crippen molar-refractivity contribution in [1.82, 2.24) is 19.8 Å². The number of benzene rings is 1. The van der Waals surface area contributed by atoms with Gasteiger partial charge in [0.15, 0.2) is 0 Å². The lowest BCUT2D eigenvalue weighted by Gasteiger charge is -2.04. The number of aryl methyl sites for hydroxylation is 1. The van der Waals surface area contributed by atoms with Crippen LogP contribution in [0.3, 0.4) is 0 Å². The molecule has 0 saturated heterocycles. The molecule has 0 radical (unpaired) electrons. The fourth-order valence-corrected chi connectivity index (χ4v) is 2.21. The first-order valence-electron chi connectivity index (χ1n) is 7.47. The molecule has 1 aromatic carbocycles. The Hall–Kier alpha value is -3.22. The van der Waals surface area contributed by atoms with E-state index < -0.39 is 5.95 Å². The zero-order chi connectivity index (χ0) is 16.9. The van der Waals surface area contributed by atoms with Gasteiger partial charge in [-0.25, -0.2) is 10.1 Å². The largest absolute Gasteiger partial charge is 0.324 e. The summed E-state index contributed by atoms with van der Waals surface area (Å²) >= 11 is 0. The molecule has 0 aliphatic carbocycles. The first kappa shape index (κ1) is 15.7. The normalized spacial score (nSPS) is 11.1. The van der Waals surface area contributed by atoms with Crippen LogP contribution < -0.4 is 5.43 Å². The lowest BCUT2D eigenvalue weighted by atomic mass is 10.2. The van der Waals surface area contributed by atoms with Gasteiger partial charge in [-0.05, 0) is 43.3 Å². The number of rotatable bonds is 5. The van der Waals surface area contributed by atoms with Gasteiger partial charge in [-0.15, -0.1) is 0 Å². The lowest BCUT2D eigenvalue weighted by molar-refractivity contribution is 0.0955. The summed E-state index contributed by atoms with van der Waals surface area (Å²) in [7, 11) is 0. The van der Waals surface area contributed by atoms with Gasteiger partial charge in [0.1, 0.15) is 0 Å². The number of nitrogens with one attached hydrogen (secondary N) is 1. The summed E-state index contributed by atoms with van der Waals surface area (Å²) in [5, 5.41) is 7.64. The summed E-state index contributed by atoms with van der Waals surface area (Å²) in [6.07, 6.45) is 6.44. The van der Waals surface area contributed by atoms with Gasteiger partial charge < -0.3 is 4.57 Å². The molecule has 2 aromatic heterocycles. The van der Waals surface area contributed by atoms with E-state index in [1.807, 2.05) is 41.2 Å². The van der Waals surface area contributed by atoms with Crippen LogP contribution in [-0.2, 0) is 6.54 Å². The molecule has 2 heterocycles. The van der Waals surface area contributed by atoms with Crippen molar-refractivity contribution < 1.29 is 9.18 Å². The predicted octanol–water partition coefficient (Wildman–Crippen LogP) is 2.60. The second kappa shape index (κ2) is 6.91. The van der Waals surface area contributed by atoms with Crippen LogP contribution in [0.1, 0.15) is 22.8 Å². The topological polar surface area (TPSA) is 64.2 Å². The molecule has 0 saturated carbocycles. The second-order valence-corrected chi connectivity index (χ2v) is 5.04. The van der Waals surface area contributed by atoms with Gasteiger partial charge in [-0.1, -0.05) is 0 Å². The molecule has 1 amide bonds. The van der Waals surface area contributed by atoms with Crippen molar-refractivity contribution in [2.75, 3.05) is 0 Å². The van der Waals surface area contributed by atoms with Gasteiger partial charge in [-0.3, -0.25) is 4.79 Å². The Balaban J connectivity index is 1.64. The van der Waals surface area contributed by atoms with E-state index in [1.165, 1.54) is 17.1 Å². The third-order valence-corrected chi connectivity index (χ3v) is 3.50. The highest BCUT2D eigenvalue weighted by Gasteiger charge is 2.07. The number of hydrogen-bond donors (Lipinski definition) is 1. The van der Waals surface area contributed by atoms with Gasteiger partial charge in [-0.2, -0.15) is 14.6 Å². The van der Waals surface area contributed by atoms with Gasteiger partial charge in [0.2, 0.25) is 5.95 Å². The Kier molecular flexibility index (Phi) is 4.51. The van der Waals surface area contributed by atoms with Crippen molar-refractivity contribution in [3.05, 3.63) is 72.1 Å². The molecular formula is C17H16FN5O. The molecule has 0 atom stereocenters. The number of carbonyl (C=O) groups is 1. The van der Waals surface area contributed by atoms with Crippen LogP contribution in [0.15, 0.2) is 60.1 Å². The van der Waals surface area contributed by atoms with E-state index in [1.54, 1.807) is 19.1 Å². The highest BCUT2D eigenvalue weighted by molar-refractivity contribution is 5.95. The average molecular weight is 325 g/mol. The molecule has 0 bridgehead atoms. The lowest BCUT2D eigenvalue weighted by Crippen LogP contribution is -2.17. The minimum Gasteiger partial charge on any atom is -0.324 e. The summed E-state index contributed by atoms with van der Waals surface area (Å²) in [6.45, 7) is 2.22. The van der Waals surface area contributed by atoms with Crippen LogP contribution in [-0.4, -0.2) is 26.5 Å². The van der Waals surface area contributed by atoms with Gasteiger partial charge >= 0.3 is 0 Å². The summed E-state index contributed by atoms with van der Waals surface area (Å²) < 4.78 is 16.9. The minimum atomic E-state index is -0.480. The van der Waals surface area contributed by atoms with Crippen LogP contribution in [0.25, 0.3) is 5.69 Å². The smallest absolute Gasteiger partial charge is 0.271 e. The summed E-state index contributed by atoms with van der Waals surface area (Å²) in [5.74, 6) is -0.847. The van der Waals surface area contributed by atoms with E-state index in [0.717, 1.165) is 5.69 Å². The number of nitrogens with zero attached hydrogens (tertiary/aromatic N) is 4. The van der Waals surface area contributed by atoms with Crippen LogP contribution >= 0.6 is 0 Å². The fourth-order valence-electron chi connectivity index (χ4n) is 2.21. The summed E-state index contributed by atoms with van der Waals surface area (Å²) in [4.78, 5) is 12.0. The minimum absolute atomic E-state index is 0.222. The molecule has 0 spiro atoms. The van der Waals surface area contributed by atoms with Gasteiger partial charge in [0.25, 0.3) is 5.91 Å². The summed E-state index contributed by atoms with van der Waals surface area (Å²) in [6, 6.07) is 10.9. The zero-order valence-electron chi connectivity index (χ0n) is 13.1. The van der Waals surface area contributed by atoms with E-state index in [-0.39, 0.29) is 11.5 Å². The molecular weight excluding hydrogens is 309 g/mol. The monoisotopic (exact) mass is 325 g/mol. The molecule has 0 unspecified atom stereocenters. The number of carbonyl (C=O) groups excluding carboxylic acids is 1. The van der Waals surface area contributed by atoms with Crippen molar-refractivity contribution in [1.29, 1.82) is 0 Å². The van der Waals surface area contributed by atoms with E-state index in [2.05, 4.69) is 15.6 Å². The molecule has 0 aliphatic rings. The maximum absolute atomic E-state index is 13.8. The van der Waals surface area contributed by atoms with Crippen LogP contribution in [0.4, 0.5) is 4.39 Å². The fraction of sp³-hybridized carbons (Fsp3) is 0.118. The number of hydrogen-bond acceptors (Lipinski definition) is 3. The third-order valence-electron chi connectivity index (χ3n) is 3.50. The maximum Gasteiger partial charge on any atom is 0.271 e. The predicted molar refractivity (Wildman–Crippen MR) is 88.7 cm³/mol. The van der Waals surface area contributed by atoms with E-state index >= 15 is 0 Å². The number of halogens is 1. The Morgan fingerprint density at radius 3 is 2.62 bits per heavy atom. The summed E-state index contributed by atoms with van der Waals surface area (Å²) in [5.41, 5.74) is 4.02. The van der Waals surface area contributed by atoms with Crippen molar-refractivity contribution in [3.8, 4) is 5.69 Å². The average Bonchev–Trinajstić information content (AvgIpc) is 3.25. The molecule has 3 aromatic rings. The van der Waals surface area contributed by atoms with E-state index in [9.17, 15) is 9.18 Å². The molecule has 3 rings (SSSR count). The van der Waals surface area contributed by atoms with Crippen LogP contribution in [0.2, 0.25) is 0 Å². The molecule has 7 heteroatoms. The Morgan fingerprint density at radius 2 is 2.00 bits per heavy atom. The zero-order valence-corrected chi connectivity index (χ0v) is 13.1. The van der Waals surface area contributed by atoms with Gasteiger partial charge in [0.05, 0.1) is 18.0 Å². The van der Waals surface area contributed by atoms with Crippen LogP contribution in [0, 0.1) is 5.95 Å². The SMILES string of the molecule is CCn1ncc(/C=N\NC(=O)c2ccc(-n3cccc3)cc2)c1F. The Bertz CT molecular complexity index is 850. The molecule has 1 N–H and O–H groups in total. The van der Waals surface area contributed by atoms with Crippen molar-refractivity contribution >= 4 is 12.1 Å². The van der Waals surface area contributed by atoms with E-state index in [4.69, 9.17) is 0 Å². The second-order valence-electron chi connectivity index (χ2n) is 5.04.